The Kier molecular flexibility index (Phi) is 12.2. The first-order chi connectivity index (χ1) is 19.8. The Balaban J connectivity index is 1.92. The highest BCUT2D eigenvalue weighted by Crippen LogP contribution is 2.38. The highest BCUT2D eigenvalue weighted by atomic mass is 79.9. The second kappa shape index (κ2) is 15.4. The van der Waals surface area contributed by atoms with Gasteiger partial charge in [0.25, 0.3) is 0 Å². The number of benzene rings is 3. The maximum Gasteiger partial charge on any atom is 0.407 e. The van der Waals surface area contributed by atoms with E-state index in [2.05, 4.69) is 60.4 Å². The van der Waals surface area contributed by atoms with Gasteiger partial charge < -0.3 is 24.9 Å². The predicted octanol–water partition coefficient (Wildman–Crippen LogP) is 7.95. The summed E-state index contributed by atoms with van der Waals surface area (Å²) in [6, 6.07) is 26.4. The number of alkyl carbamates (subject to hydrolysis) is 1. The second-order valence-electron chi connectivity index (χ2n) is 12.1. The molecule has 0 aliphatic heterocycles. The predicted molar refractivity (Wildman–Crippen MR) is 173 cm³/mol. The number of hydrogen-bond donors (Lipinski definition) is 3. The molecule has 0 aromatic heterocycles. The summed E-state index contributed by atoms with van der Waals surface area (Å²) >= 11 is 3.49. The molecule has 3 atom stereocenters. The molecule has 9 heteroatoms. The van der Waals surface area contributed by atoms with Crippen molar-refractivity contribution in [1.82, 2.24) is 10.6 Å². The van der Waals surface area contributed by atoms with Crippen LogP contribution < -0.4 is 10.6 Å². The van der Waals surface area contributed by atoms with Crippen LogP contribution in [0.25, 0.3) is 0 Å². The second-order valence-corrected chi connectivity index (χ2v) is 17.8. The molecular formula is C33H43BrN2O5Si. The number of rotatable bonds is 13. The average molecular weight is 656 g/mol. The molecule has 3 N–H and O–H groups in total. The Hall–Kier alpha value is -3.14. The third-order valence-electron chi connectivity index (χ3n) is 7.76. The van der Waals surface area contributed by atoms with E-state index < -0.39 is 32.6 Å². The zero-order valence-electron chi connectivity index (χ0n) is 25.1. The SMILES string of the molecule is CC(C)(C)[Si](C)(C)OC(CC(Cc1ccc(Br)cc1)NC(=O)OCc1ccccc1)C(Cc1ccccc1)NC(=O)O. The summed E-state index contributed by atoms with van der Waals surface area (Å²) in [4.78, 5) is 25.1. The molecule has 3 unspecified atom stereocenters. The lowest BCUT2D eigenvalue weighted by atomic mass is 9.94. The van der Waals surface area contributed by atoms with Crippen molar-refractivity contribution < 1.29 is 23.9 Å². The number of nitrogens with one attached hydrogen (secondary N) is 2. The van der Waals surface area contributed by atoms with Crippen molar-refractivity contribution in [2.45, 2.75) is 83.0 Å². The molecule has 226 valence electrons. The third-order valence-corrected chi connectivity index (χ3v) is 12.8. The van der Waals surface area contributed by atoms with Crippen LogP contribution in [-0.4, -0.2) is 43.8 Å². The van der Waals surface area contributed by atoms with Gasteiger partial charge in [0.1, 0.15) is 6.61 Å². The first-order valence-electron chi connectivity index (χ1n) is 14.3. The fraction of sp³-hybridized carbons (Fsp3) is 0.394. The molecule has 0 saturated carbocycles. The van der Waals surface area contributed by atoms with E-state index in [1.54, 1.807) is 0 Å². The van der Waals surface area contributed by atoms with E-state index in [-0.39, 0.29) is 17.7 Å². The minimum atomic E-state index is -2.35. The molecule has 3 rings (SSSR count). The Labute approximate surface area is 259 Å². The Bertz CT molecular complexity index is 1270. The molecule has 3 aromatic carbocycles. The molecule has 7 nitrogen and oxygen atoms in total. The Morgan fingerprint density at radius 2 is 1.38 bits per heavy atom. The van der Waals surface area contributed by atoms with Crippen molar-refractivity contribution in [2.75, 3.05) is 0 Å². The summed E-state index contributed by atoms with van der Waals surface area (Å²) in [5.74, 6) is 0. The van der Waals surface area contributed by atoms with E-state index >= 15 is 0 Å². The third kappa shape index (κ3) is 10.9. The highest BCUT2D eigenvalue weighted by molar-refractivity contribution is 9.10. The van der Waals surface area contributed by atoms with Crippen LogP contribution in [0.4, 0.5) is 9.59 Å². The van der Waals surface area contributed by atoms with Gasteiger partial charge in [-0.1, -0.05) is 109 Å². The zero-order chi connectivity index (χ0) is 30.8. The van der Waals surface area contributed by atoms with Crippen molar-refractivity contribution in [2.24, 2.45) is 0 Å². The van der Waals surface area contributed by atoms with Gasteiger partial charge in [0.2, 0.25) is 0 Å². The van der Waals surface area contributed by atoms with Crippen LogP contribution in [0.2, 0.25) is 18.1 Å². The number of carboxylic acid groups (broad SMARTS) is 1. The largest absolute Gasteiger partial charge is 0.465 e. The highest BCUT2D eigenvalue weighted by Gasteiger charge is 2.42. The number of carbonyl (C=O) groups excluding carboxylic acids is 1. The summed E-state index contributed by atoms with van der Waals surface area (Å²) in [6.45, 7) is 10.9. The molecular weight excluding hydrogens is 612 g/mol. The molecule has 0 aliphatic carbocycles. The Morgan fingerprint density at radius 1 is 0.833 bits per heavy atom. The smallest absolute Gasteiger partial charge is 0.407 e. The summed E-state index contributed by atoms with van der Waals surface area (Å²) < 4.78 is 13.5. The van der Waals surface area contributed by atoms with Crippen LogP contribution in [0.1, 0.15) is 43.9 Å². The zero-order valence-corrected chi connectivity index (χ0v) is 27.7. The van der Waals surface area contributed by atoms with Gasteiger partial charge in [-0.2, -0.15) is 0 Å². The maximum absolute atomic E-state index is 13.1. The Morgan fingerprint density at radius 3 is 1.93 bits per heavy atom. The van der Waals surface area contributed by atoms with E-state index in [0.29, 0.717) is 19.3 Å². The summed E-state index contributed by atoms with van der Waals surface area (Å²) in [6.07, 6.45) is -0.776. The average Bonchev–Trinajstić information content (AvgIpc) is 2.92. The van der Waals surface area contributed by atoms with Gasteiger partial charge >= 0.3 is 12.2 Å². The molecule has 0 radical (unpaired) electrons. The van der Waals surface area contributed by atoms with E-state index in [4.69, 9.17) is 9.16 Å². The van der Waals surface area contributed by atoms with Crippen molar-refractivity contribution in [3.05, 3.63) is 106 Å². The van der Waals surface area contributed by atoms with Gasteiger partial charge in [0.15, 0.2) is 8.32 Å². The van der Waals surface area contributed by atoms with Crippen LogP contribution in [0.5, 0.6) is 0 Å². The molecule has 0 spiro atoms. The van der Waals surface area contributed by atoms with Crippen LogP contribution in [0.15, 0.2) is 89.4 Å². The van der Waals surface area contributed by atoms with Crippen LogP contribution in [0.3, 0.4) is 0 Å². The van der Waals surface area contributed by atoms with Gasteiger partial charge in [0.05, 0.1) is 12.1 Å². The lowest BCUT2D eigenvalue weighted by Gasteiger charge is -2.42. The molecule has 42 heavy (non-hydrogen) atoms. The van der Waals surface area contributed by atoms with Gasteiger partial charge in [0, 0.05) is 10.5 Å². The lowest BCUT2D eigenvalue weighted by molar-refractivity contribution is 0.102. The van der Waals surface area contributed by atoms with Crippen molar-refractivity contribution in [3.63, 3.8) is 0 Å². The summed E-state index contributed by atoms with van der Waals surface area (Å²) in [5, 5.41) is 15.5. The van der Waals surface area contributed by atoms with Gasteiger partial charge in [-0.15, -0.1) is 0 Å². The van der Waals surface area contributed by atoms with Gasteiger partial charge in [-0.25, -0.2) is 9.59 Å². The number of ether oxygens (including phenoxy) is 1. The first-order valence-corrected chi connectivity index (χ1v) is 18.0. The standard InChI is InChI=1S/C33H43BrN2O5Si/c1-33(2,3)42(4,5)41-30(29(36-31(37)38)21-24-12-8-6-9-13-24)22-28(20-25-16-18-27(34)19-17-25)35-32(39)40-23-26-14-10-7-11-15-26/h6-19,28-30,36H,20-23H2,1-5H3,(H,35,39)(H,37,38). The normalized spacial score (nSPS) is 14.0. The number of carbonyl (C=O) groups is 2. The topological polar surface area (TPSA) is 96.9 Å². The molecule has 0 heterocycles. The molecule has 0 bridgehead atoms. The van der Waals surface area contributed by atoms with Crippen LogP contribution in [0, 0.1) is 0 Å². The van der Waals surface area contributed by atoms with Crippen molar-refractivity contribution >= 4 is 36.4 Å². The van der Waals surface area contributed by atoms with Crippen LogP contribution in [-0.2, 0) is 28.6 Å². The van der Waals surface area contributed by atoms with Crippen molar-refractivity contribution in [1.29, 1.82) is 0 Å². The van der Waals surface area contributed by atoms with E-state index in [1.807, 2.05) is 84.9 Å². The fourth-order valence-electron chi connectivity index (χ4n) is 4.46. The fourth-order valence-corrected chi connectivity index (χ4v) is 6.10. The number of amides is 2. The van der Waals surface area contributed by atoms with Gasteiger partial charge in [-0.3, -0.25) is 0 Å². The van der Waals surface area contributed by atoms with E-state index in [9.17, 15) is 14.7 Å². The molecule has 0 aliphatic rings. The van der Waals surface area contributed by atoms with E-state index in [0.717, 1.165) is 21.2 Å². The number of hydrogen-bond acceptors (Lipinski definition) is 4. The molecule has 2 amide bonds. The maximum atomic E-state index is 13.1. The van der Waals surface area contributed by atoms with Gasteiger partial charge in [-0.05, 0) is 66.2 Å². The van der Waals surface area contributed by atoms with Crippen molar-refractivity contribution in [3.8, 4) is 0 Å². The summed E-state index contributed by atoms with van der Waals surface area (Å²) in [5.41, 5.74) is 2.92. The van der Waals surface area contributed by atoms with E-state index in [1.165, 1.54) is 0 Å². The molecule has 3 aromatic rings. The lowest BCUT2D eigenvalue weighted by Crippen LogP contribution is -2.54. The minimum Gasteiger partial charge on any atom is -0.465 e. The molecule has 0 fully saturated rings. The molecule has 0 saturated heterocycles. The monoisotopic (exact) mass is 654 g/mol. The quantitative estimate of drug-likeness (QED) is 0.163. The number of halogens is 1. The summed E-state index contributed by atoms with van der Waals surface area (Å²) in [7, 11) is -2.35. The first kappa shape index (κ1) is 33.4. The minimum absolute atomic E-state index is 0.102. The van der Waals surface area contributed by atoms with Crippen LogP contribution >= 0.6 is 15.9 Å².